The third-order valence-corrected chi connectivity index (χ3v) is 4.49. The lowest BCUT2D eigenvalue weighted by molar-refractivity contribution is 0.676. The molecule has 1 rings (SSSR count). The van der Waals surface area contributed by atoms with E-state index < -0.39 is 15.6 Å². The molecule has 0 unspecified atom stereocenters. The van der Waals surface area contributed by atoms with Gasteiger partial charge in [-0.2, -0.15) is 0 Å². The Kier molecular flexibility index (Phi) is 3.66. The lowest BCUT2D eigenvalue weighted by Crippen LogP contribution is -2.22. The zero-order valence-electron chi connectivity index (χ0n) is 7.35. The van der Waals surface area contributed by atoms with Crippen LogP contribution in [0.1, 0.15) is 11.1 Å². The van der Waals surface area contributed by atoms with Crippen LogP contribution in [-0.2, 0) is 2.84 Å². The first-order valence-corrected chi connectivity index (χ1v) is 5.90. The van der Waals surface area contributed by atoms with Gasteiger partial charge in [-0.05, 0) is 13.8 Å². The van der Waals surface area contributed by atoms with Crippen LogP contribution in [0.2, 0.25) is 0 Å². The van der Waals surface area contributed by atoms with Gasteiger partial charge in [0.25, 0.3) is 0 Å². The van der Waals surface area contributed by atoms with Gasteiger partial charge in [0.2, 0.25) is 0 Å². The average Bonchev–Trinajstić information content (AvgIpc) is 1.97. The van der Waals surface area contributed by atoms with Crippen LogP contribution in [0.3, 0.4) is 0 Å². The van der Waals surface area contributed by atoms with E-state index in [1.807, 2.05) is 0 Å². The van der Waals surface area contributed by atoms with E-state index in [2.05, 4.69) is 32.0 Å². The van der Waals surface area contributed by atoms with Crippen LogP contribution in [0.5, 0.6) is 0 Å². The topological polar surface area (TPSA) is 9.23 Å². The highest BCUT2D eigenvalue weighted by Gasteiger charge is 2.03. The number of hydrogen-bond acceptors (Lipinski definition) is 1. The van der Waals surface area contributed by atoms with Crippen molar-refractivity contribution in [3.05, 3.63) is 29.3 Å². The number of hydrogen-bond donors (Lipinski definition) is 0. The molecule has 0 bridgehead atoms. The van der Waals surface area contributed by atoms with E-state index in [0.717, 1.165) is 16.6 Å². The first kappa shape index (κ1) is 9.33. The molecule has 3 heteroatoms. The predicted octanol–water partition coefficient (Wildman–Crippen LogP) is -0.155. The van der Waals surface area contributed by atoms with Crippen molar-refractivity contribution in [3.63, 3.8) is 0 Å². The van der Waals surface area contributed by atoms with Crippen molar-refractivity contribution in [3.8, 4) is 0 Å². The Morgan fingerprint density at radius 1 is 1.27 bits per heavy atom. The Labute approximate surface area is 82.6 Å². The molecular formula is C8H12Al2O. The van der Waals surface area contributed by atoms with E-state index >= 15 is 0 Å². The third kappa shape index (κ3) is 2.34. The monoisotopic (exact) mass is 178 g/mol. The maximum absolute atomic E-state index is 5.37. The summed E-state index contributed by atoms with van der Waals surface area (Å²) >= 11 is 0.484. The van der Waals surface area contributed by atoms with E-state index in [4.69, 9.17) is 2.84 Å². The van der Waals surface area contributed by atoms with Crippen LogP contribution >= 0.6 is 0 Å². The van der Waals surface area contributed by atoms with Gasteiger partial charge in [0.05, 0.1) is 0 Å². The fourth-order valence-electron chi connectivity index (χ4n) is 1.22. The van der Waals surface area contributed by atoms with Crippen molar-refractivity contribution < 1.29 is 2.84 Å². The summed E-state index contributed by atoms with van der Waals surface area (Å²) < 4.78 is 6.86. The standard InChI is InChI=1S/C8H9.2Al.O.3H/c1-7-4-3-5-8(2)6-7;;;;;;/h3-5H,1-2H3;;;;;;. The molecule has 1 aromatic rings. The molecule has 0 atom stereocenters. The smallest absolute Gasteiger partial charge is 0.446 e. The molecular weight excluding hydrogens is 166 g/mol. The van der Waals surface area contributed by atoms with Gasteiger partial charge in [-0.25, -0.2) is 0 Å². The zero-order valence-corrected chi connectivity index (χ0v) is 10.8. The van der Waals surface area contributed by atoms with E-state index in [9.17, 15) is 0 Å². The van der Waals surface area contributed by atoms with Gasteiger partial charge in [0, 0.05) is 0 Å². The van der Waals surface area contributed by atoms with Crippen molar-refractivity contribution in [2.24, 2.45) is 0 Å². The molecule has 56 valence electrons. The summed E-state index contributed by atoms with van der Waals surface area (Å²) in [6.45, 7) is 4.33. The quantitative estimate of drug-likeness (QED) is 0.572. The molecule has 0 aliphatic carbocycles. The Morgan fingerprint density at radius 3 is 2.27 bits per heavy atom. The molecule has 0 aromatic heterocycles. The maximum atomic E-state index is 5.37. The molecule has 0 saturated carbocycles. The highest BCUT2D eigenvalue weighted by molar-refractivity contribution is 6.51. The molecule has 0 amide bonds. The van der Waals surface area contributed by atoms with Gasteiger partial charge in [0.15, 0.2) is 0 Å². The van der Waals surface area contributed by atoms with Gasteiger partial charge in [0.1, 0.15) is 0 Å². The SMILES string of the molecule is Cc1cccc(C)[c]1[AlH][O][AlH2]. The zero-order chi connectivity index (χ0) is 8.27. The summed E-state index contributed by atoms with van der Waals surface area (Å²) in [6, 6.07) is 6.43. The highest BCUT2D eigenvalue weighted by atomic mass is 27.2. The summed E-state index contributed by atoms with van der Waals surface area (Å²) in [5, 5.41) is 0. The minimum Gasteiger partial charge on any atom is -0.641 e. The Hall–Kier alpha value is 0.245. The third-order valence-electron chi connectivity index (χ3n) is 1.93. The second kappa shape index (κ2) is 4.32. The minimum atomic E-state index is -0.397. The van der Waals surface area contributed by atoms with Gasteiger partial charge in [-0.3, -0.25) is 0 Å². The van der Waals surface area contributed by atoms with Crippen molar-refractivity contribution in [2.75, 3.05) is 0 Å². The first-order chi connectivity index (χ1) is 5.25. The van der Waals surface area contributed by atoms with Gasteiger partial charge in [-0.15, -0.1) is 0 Å². The van der Waals surface area contributed by atoms with Crippen LogP contribution in [0, 0.1) is 13.8 Å². The Bertz CT molecular complexity index is 228. The lowest BCUT2D eigenvalue weighted by Gasteiger charge is -2.06. The summed E-state index contributed by atoms with van der Waals surface area (Å²) in [6.07, 6.45) is 0. The molecule has 1 nitrogen and oxygen atoms in total. The van der Waals surface area contributed by atoms with Crippen LogP contribution in [0.15, 0.2) is 18.2 Å². The molecule has 0 saturated heterocycles. The van der Waals surface area contributed by atoms with Crippen LogP contribution in [-0.4, -0.2) is 32.2 Å². The first-order valence-electron chi connectivity index (χ1n) is 3.79. The van der Waals surface area contributed by atoms with Gasteiger partial charge in [-0.1, -0.05) is 33.8 Å². The fraction of sp³-hybridized carbons (Fsp3) is 0.250. The molecule has 0 spiro atoms. The van der Waals surface area contributed by atoms with Gasteiger partial charge < -0.3 is 2.84 Å². The number of rotatable bonds is 2. The molecule has 1 aromatic carbocycles. The van der Waals surface area contributed by atoms with Crippen molar-refractivity contribution in [1.29, 1.82) is 0 Å². The number of benzene rings is 1. The second-order valence-electron chi connectivity index (χ2n) is 2.80. The summed E-state index contributed by atoms with van der Waals surface area (Å²) in [5.74, 6) is 0. The number of aryl methyl sites for hydroxylation is 2. The minimum absolute atomic E-state index is 0.397. The van der Waals surface area contributed by atoms with E-state index in [1.165, 1.54) is 15.6 Å². The van der Waals surface area contributed by atoms with Gasteiger partial charge >= 0.3 is 32.2 Å². The molecule has 0 radical (unpaired) electrons. The van der Waals surface area contributed by atoms with Crippen molar-refractivity contribution >= 4 is 36.6 Å². The Balaban J connectivity index is 3.00. The summed E-state index contributed by atoms with van der Waals surface area (Å²) in [5.41, 5.74) is 2.79. The van der Waals surface area contributed by atoms with E-state index in [-0.39, 0.29) is 0 Å². The van der Waals surface area contributed by atoms with Crippen molar-refractivity contribution in [1.82, 2.24) is 0 Å². The average molecular weight is 178 g/mol. The van der Waals surface area contributed by atoms with Crippen LogP contribution in [0.4, 0.5) is 0 Å². The second-order valence-corrected chi connectivity index (χ2v) is 6.11. The largest absolute Gasteiger partial charge is 0.641 e. The molecule has 0 fully saturated rings. The lowest BCUT2D eigenvalue weighted by atomic mass is 10.2. The Morgan fingerprint density at radius 2 is 1.82 bits per heavy atom. The highest BCUT2D eigenvalue weighted by Crippen LogP contribution is 1.98. The molecule has 0 N–H and O–H groups in total. The van der Waals surface area contributed by atoms with Crippen LogP contribution < -0.4 is 4.43 Å². The summed E-state index contributed by atoms with van der Waals surface area (Å²) in [7, 11) is 0. The fourth-order valence-corrected chi connectivity index (χ4v) is 3.07. The molecule has 0 aliphatic heterocycles. The molecule has 0 heterocycles. The van der Waals surface area contributed by atoms with Crippen LogP contribution in [0.25, 0.3) is 0 Å². The molecule has 11 heavy (non-hydrogen) atoms. The summed E-state index contributed by atoms with van der Waals surface area (Å²) in [4.78, 5) is 0. The van der Waals surface area contributed by atoms with E-state index in [0.29, 0.717) is 0 Å². The predicted molar refractivity (Wildman–Crippen MR) is 52.3 cm³/mol. The normalized spacial score (nSPS) is 9.64. The van der Waals surface area contributed by atoms with E-state index in [1.54, 1.807) is 0 Å². The van der Waals surface area contributed by atoms with Crippen molar-refractivity contribution in [2.45, 2.75) is 13.8 Å². The maximum Gasteiger partial charge on any atom is 0.446 e. The molecule has 0 aliphatic rings.